The van der Waals surface area contributed by atoms with E-state index in [1.54, 1.807) is 6.07 Å². The molecule has 20 heavy (non-hydrogen) atoms. The number of carbonyl (C=O) groups is 2. The third kappa shape index (κ3) is 2.85. The maximum Gasteiger partial charge on any atom is 0.266 e. The first kappa shape index (κ1) is 13.8. The molecule has 104 valence electrons. The molecule has 0 heterocycles. The van der Waals surface area contributed by atoms with Crippen molar-refractivity contribution in [2.45, 2.75) is 6.04 Å². The molecular weight excluding hydrogens is 258 g/mol. The Bertz CT molecular complexity index is 627. The second-order valence-corrected chi connectivity index (χ2v) is 4.16. The zero-order valence-electron chi connectivity index (χ0n) is 10.6. The van der Waals surface area contributed by atoms with Crippen LogP contribution in [0.1, 0.15) is 0 Å². The van der Waals surface area contributed by atoms with E-state index in [4.69, 9.17) is 11.7 Å². The monoisotopic (exact) mass is 273 g/mol. The lowest BCUT2D eigenvalue weighted by Gasteiger charge is -2.16. The summed E-state index contributed by atoms with van der Waals surface area (Å²) in [6.45, 7) is 0. The minimum absolute atomic E-state index is 0.612. The number of amides is 2. The van der Waals surface area contributed by atoms with E-state index in [2.05, 4.69) is 5.32 Å². The summed E-state index contributed by atoms with van der Waals surface area (Å²) in [5.41, 5.74) is 4.45. The highest BCUT2D eigenvalue weighted by Crippen LogP contribution is 2.19. The van der Waals surface area contributed by atoms with Crippen LogP contribution in [0.5, 0.6) is 0 Å². The first-order chi connectivity index (χ1) is 9.65. The van der Waals surface area contributed by atoms with E-state index in [-0.39, 0.29) is 0 Å². The van der Waals surface area contributed by atoms with Crippen LogP contribution >= 0.6 is 0 Å². The van der Waals surface area contributed by atoms with Gasteiger partial charge in [-0.05, 0) is 22.9 Å². The van der Waals surface area contributed by atoms with E-state index < -0.39 is 17.9 Å². The van der Waals surface area contributed by atoms with Gasteiger partial charge in [0.2, 0.25) is 0 Å². The van der Waals surface area contributed by atoms with Gasteiger partial charge < -0.3 is 5.32 Å². The zero-order chi connectivity index (χ0) is 14.5. The van der Waals surface area contributed by atoms with E-state index >= 15 is 0 Å². The summed E-state index contributed by atoms with van der Waals surface area (Å²) in [6, 6.07) is 12.0. The highest BCUT2D eigenvalue weighted by Gasteiger charge is 2.25. The van der Waals surface area contributed by atoms with Gasteiger partial charge in [0.25, 0.3) is 11.8 Å². The Morgan fingerprint density at radius 2 is 1.50 bits per heavy atom. The minimum atomic E-state index is -1.20. The van der Waals surface area contributed by atoms with Gasteiger partial charge in [-0.2, -0.15) is 0 Å². The van der Waals surface area contributed by atoms with Gasteiger partial charge in [-0.1, -0.05) is 30.3 Å². The second-order valence-electron chi connectivity index (χ2n) is 4.16. The first-order valence-electron chi connectivity index (χ1n) is 5.92. The van der Waals surface area contributed by atoms with Gasteiger partial charge in [-0.3, -0.25) is 20.4 Å². The highest BCUT2D eigenvalue weighted by atomic mass is 16.2. The number of hydrogen-bond acceptors (Lipinski definition) is 5. The molecule has 7 N–H and O–H groups in total. The van der Waals surface area contributed by atoms with Crippen molar-refractivity contribution in [2.75, 3.05) is 5.32 Å². The summed E-state index contributed by atoms with van der Waals surface area (Å²) >= 11 is 0. The Hall–Kier alpha value is -2.64. The molecular formula is C13H15N5O2. The Morgan fingerprint density at radius 1 is 0.900 bits per heavy atom. The molecule has 0 unspecified atom stereocenters. The van der Waals surface area contributed by atoms with Crippen LogP contribution in [0.2, 0.25) is 0 Å². The number of anilines is 1. The second kappa shape index (κ2) is 6.00. The average Bonchev–Trinajstić information content (AvgIpc) is 2.51. The van der Waals surface area contributed by atoms with Crippen LogP contribution in [-0.2, 0) is 9.59 Å². The number of nitrogens with two attached hydrogens (primary N) is 2. The molecule has 0 saturated carbocycles. The molecule has 0 atom stereocenters. The molecule has 0 aliphatic rings. The van der Waals surface area contributed by atoms with Crippen molar-refractivity contribution < 1.29 is 9.59 Å². The molecule has 7 heteroatoms. The third-order valence-corrected chi connectivity index (χ3v) is 2.87. The number of fused-ring (bicyclic) bond motifs is 1. The fourth-order valence-electron chi connectivity index (χ4n) is 1.86. The summed E-state index contributed by atoms with van der Waals surface area (Å²) < 4.78 is 0. The Morgan fingerprint density at radius 3 is 2.10 bits per heavy atom. The van der Waals surface area contributed by atoms with Crippen molar-refractivity contribution in [1.82, 2.24) is 10.9 Å². The van der Waals surface area contributed by atoms with Gasteiger partial charge in [0, 0.05) is 5.69 Å². The number of hydrazine groups is 2. The van der Waals surface area contributed by atoms with E-state index in [1.165, 1.54) is 0 Å². The minimum Gasteiger partial charge on any atom is -0.366 e. The molecule has 0 saturated heterocycles. The molecule has 0 aliphatic heterocycles. The van der Waals surface area contributed by atoms with Crippen molar-refractivity contribution in [2.24, 2.45) is 11.7 Å². The van der Waals surface area contributed by atoms with Gasteiger partial charge >= 0.3 is 0 Å². The van der Waals surface area contributed by atoms with E-state index in [0.29, 0.717) is 5.69 Å². The maximum absolute atomic E-state index is 11.6. The molecule has 0 radical (unpaired) electrons. The lowest BCUT2D eigenvalue weighted by Crippen LogP contribution is -2.53. The summed E-state index contributed by atoms with van der Waals surface area (Å²) in [6.07, 6.45) is 0. The van der Waals surface area contributed by atoms with Crippen molar-refractivity contribution in [3.63, 3.8) is 0 Å². The van der Waals surface area contributed by atoms with Crippen LogP contribution in [0.3, 0.4) is 0 Å². The molecule has 0 bridgehead atoms. The quantitative estimate of drug-likeness (QED) is 0.224. The predicted octanol–water partition coefficient (Wildman–Crippen LogP) is -0.400. The van der Waals surface area contributed by atoms with Crippen molar-refractivity contribution in [1.29, 1.82) is 0 Å². The van der Waals surface area contributed by atoms with Gasteiger partial charge in [-0.15, -0.1) is 0 Å². The fourth-order valence-corrected chi connectivity index (χ4v) is 1.86. The molecule has 7 nitrogen and oxygen atoms in total. The first-order valence-corrected chi connectivity index (χ1v) is 5.92. The number of nitrogens with one attached hydrogen (secondary N) is 3. The van der Waals surface area contributed by atoms with E-state index in [1.807, 2.05) is 47.2 Å². The van der Waals surface area contributed by atoms with Crippen LogP contribution < -0.4 is 27.9 Å². The topological polar surface area (TPSA) is 122 Å². The molecule has 0 aliphatic carbocycles. The molecule has 0 aromatic heterocycles. The lowest BCUT2D eigenvalue weighted by molar-refractivity contribution is -0.130. The van der Waals surface area contributed by atoms with Crippen molar-refractivity contribution >= 4 is 28.3 Å². The smallest absolute Gasteiger partial charge is 0.266 e. The molecule has 0 spiro atoms. The largest absolute Gasteiger partial charge is 0.366 e. The van der Waals surface area contributed by atoms with Crippen LogP contribution in [0.4, 0.5) is 5.69 Å². The Labute approximate surface area is 115 Å². The lowest BCUT2D eigenvalue weighted by atomic mass is 10.1. The molecule has 2 amide bonds. The molecule has 2 rings (SSSR count). The van der Waals surface area contributed by atoms with Gasteiger partial charge in [0.15, 0.2) is 6.04 Å². The third-order valence-electron chi connectivity index (χ3n) is 2.87. The average molecular weight is 273 g/mol. The zero-order valence-corrected chi connectivity index (χ0v) is 10.6. The van der Waals surface area contributed by atoms with E-state index in [9.17, 15) is 9.59 Å². The van der Waals surface area contributed by atoms with Gasteiger partial charge in [-0.25, -0.2) is 11.7 Å². The summed E-state index contributed by atoms with van der Waals surface area (Å²) in [5, 5.41) is 4.83. The van der Waals surface area contributed by atoms with Crippen LogP contribution in [0.25, 0.3) is 10.8 Å². The Kier molecular flexibility index (Phi) is 4.14. The van der Waals surface area contributed by atoms with Gasteiger partial charge in [0.05, 0.1) is 0 Å². The number of rotatable bonds is 4. The Balaban J connectivity index is 2.28. The standard InChI is InChI=1S/C13H15N5O2/c14-17-12(19)11(13(20)18-15)16-10-6-5-8-3-1-2-4-9(8)7-10/h1-7,11,16H,14-15H2,(H,17,19)(H,18,20). The summed E-state index contributed by atoms with van der Waals surface area (Å²) in [4.78, 5) is 23.1. The van der Waals surface area contributed by atoms with Crippen LogP contribution in [-0.4, -0.2) is 17.9 Å². The van der Waals surface area contributed by atoms with Crippen LogP contribution in [0.15, 0.2) is 42.5 Å². The summed E-state index contributed by atoms with van der Waals surface area (Å²) in [5.74, 6) is 8.74. The van der Waals surface area contributed by atoms with Crippen molar-refractivity contribution in [3.8, 4) is 0 Å². The number of carbonyl (C=O) groups excluding carboxylic acids is 2. The number of hydrogen-bond donors (Lipinski definition) is 5. The molecule has 2 aromatic rings. The highest BCUT2D eigenvalue weighted by molar-refractivity contribution is 6.06. The number of benzene rings is 2. The van der Waals surface area contributed by atoms with Crippen LogP contribution in [0, 0.1) is 0 Å². The summed E-state index contributed by atoms with van der Waals surface area (Å²) in [7, 11) is 0. The van der Waals surface area contributed by atoms with E-state index in [0.717, 1.165) is 10.8 Å². The fraction of sp³-hybridized carbons (Fsp3) is 0.0769. The maximum atomic E-state index is 11.6. The van der Waals surface area contributed by atoms with Gasteiger partial charge in [0.1, 0.15) is 0 Å². The van der Waals surface area contributed by atoms with Crippen molar-refractivity contribution in [3.05, 3.63) is 42.5 Å². The SMILES string of the molecule is NNC(=O)C(Nc1ccc2ccccc2c1)C(=O)NN. The molecule has 2 aromatic carbocycles. The predicted molar refractivity (Wildman–Crippen MR) is 76.0 cm³/mol. The molecule has 0 fully saturated rings. The normalized spacial score (nSPS) is 10.3.